The van der Waals surface area contributed by atoms with Crippen molar-refractivity contribution in [1.29, 1.82) is 0 Å². The Balaban J connectivity index is 1.56. The van der Waals surface area contributed by atoms with Crippen molar-refractivity contribution in [1.82, 2.24) is 9.88 Å². The molecule has 1 atom stereocenters. The highest BCUT2D eigenvalue weighted by Gasteiger charge is 2.37. The Kier molecular flexibility index (Phi) is 8.85. The van der Waals surface area contributed by atoms with Crippen LogP contribution >= 0.6 is 0 Å². The number of aliphatic carboxylic acids is 1. The predicted molar refractivity (Wildman–Crippen MR) is 179 cm³/mol. The van der Waals surface area contributed by atoms with Crippen molar-refractivity contribution in [3.63, 3.8) is 0 Å². The van der Waals surface area contributed by atoms with Gasteiger partial charge in [-0.3, -0.25) is 4.90 Å². The highest BCUT2D eigenvalue weighted by Crippen LogP contribution is 2.46. The fourth-order valence-corrected chi connectivity index (χ4v) is 6.74. The number of carbonyl (C=O) groups is 1. The number of nitrogen functional groups attached to an aromatic ring is 1. The van der Waals surface area contributed by atoms with Crippen molar-refractivity contribution < 1.29 is 14.6 Å². The summed E-state index contributed by atoms with van der Waals surface area (Å²) in [6.07, 6.45) is 1.79. The number of nitrogens with zero attached hydrogens (tertiary/aromatic N) is 3. The zero-order chi connectivity index (χ0) is 32.0. The summed E-state index contributed by atoms with van der Waals surface area (Å²) < 4.78 is 6.22. The van der Waals surface area contributed by atoms with E-state index in [0.29, 0.717) is 17.1 Å². The summed E-state index contributed by atoms with van der Waals surface area (Å²) in [5.41, 5.74) is 16.8. The van der Waals surface area contributed by atoms with E-state index in [2.05, 4.69) is 73.9 Å². The molecule has 2 aliphatic rings. The highest BCUT2D eigenvalue weighted by molar-refractivity contribution is 5.92. The Morgan fingerprint density at radius 3 is 2.39 bits per heavy atom. The van der Waals surface area contributed by atoms with Gasteiger partial charge in [-0.1, -0.05) is 55.8 Å². The Labute approximate surface area is 263 Å². The van der Waals surface area contributed by atoms with Crippen LogP contribution in [0.5, 0.6) is 0 Å². The van der Waals surface area contributed by atoms with E-state index < -0.39 is 17.7 Å². The lowest BCUT2D eigenvalue weighted by Crippen LogP contribution is -2.39. The van der Waals surface area contributed by atoms with E-state index in [-0.39, 0.29) is 5.41 Å². The summed E-state index contributed by atoms with van der Waals surface area (Å²) in [4.78, 5) is 22.4. The van der Waals surface area contributed by atoms with E-state index in [1.54, 1.807) is 0 Å². The molecule has 0 spiro atoms. The lowest BCUT2D eigenvalue weighted by Gasteiger charge is -2.41. The summed E-state index contributed by atoms with van der Waals surface area (Å²) in [6, 6.07) is 13.3. The number of anilines is 2. The minimum atomic E-state index is -1.16. The number of rotatable bonds is 7. The molecule has 3 N–H and O–H groups in total. The topological polar surface area (TPSA) is 91.9 Å². The van der Waals surface area contributed by atoms with Gasteiger partial charge in [0.15, 0.2) is 6.10 Å². The molecule has 1 fully saturated rings. The summed E-state index contributed by atoms with van der Waals surface area (Å²) in [5.74, 6) is -0.591. The molecule has 3 heterocycles. The number of hydrogen-bond donors (Lipinski definition) is 2. The molecular weight excluding hydrogens is 548 g/mol. The standard InChI is InChI=1S/C37H50N4O3/c1-23-9-10-28(24(2)19-23)21-40-16-13-26-20-27(11-12-29(26)22-40)31-32(41-17-14-37(7,8)15-18-41)30(25(3)39-34(31)38)33(35(42)43)44-36(4,5)6/h9-12,19-20,33H,13-18,21-22H2,1-8H3,(H2,38,39)(H,42,43)/t33-/m0/s1. The van der Waals surface area contributed by atoms with Crippen molar-refractivity contribution in [2.45, 2.75) is 99.4 Å². The zero-order valence-electron chi connectivity index (χ0n) is 27.9. The molecular formula is C37H50N4O3. The fraction of sp³-hybridized carbons (Fsp3) is 0.514. The van der Waals surface area contributed by atoms with Crippen molar-refractivity contribution in [3.05, 3.63) is 75.5 Å². The predicted octanol–water partition coefficient (Wildman–Crippen LogP) is 7.38. The Bertz CT molecular complexity index is 1550. The Morgan fingerprint density at radius 2 is 1.75 bits per heavy atom. The monoisotopic (exact) mass is 598 g/mol. The molecule has 3 aromatic rings. The highest BCUT2D eigenvalue weighted by atomic mass is 16.5. The molecule has 0 amide bonds. The molecule has 0 bridgehead atoms. The van der Waals surface area contributed by atoms with E-state index in [1.165, 1.54) is 27.8 Å². The maximum Gasteiger partial charge on any atom is 0.337 e. The molecule has 44 heavy (non-hydrogen) atoms. The number of aromatic nitrogens is 1. The number of ether oxygens (including phenoxy) is 1. The number of carboxylic acid groups (broad SMARTS) is 1. The van der Waals surface area contributed by atoms with Gasteiger partial charge in [0.2, 0.25) is 0 Å². The normalized spacial score (nSPS) is 17.8. The molecule has 0 aliphatic carbocycles. The quantitative estimate of drug-likeness (QED) is 0.293. The van der Waals surface area contributed by atoms with Crippen molar-refractivity contribution in [2.75, 3.05) is 30.3 Å². The third kappa shape index (κ3) is 6.94. The summed E-state index contributed by atoms with van der Waals surface area (Å²) >= 11 is 0. The van der Waals surface area contributed by atoms with Gasteiger partial charge in [0.25, 0.3) is 0 Å². The maximum absolute atomic E-state index is 12.8. The third-order valence-corrected chi connectivity index (χ3v) is 9.30. The minimum Gasteiger partial charge on any atom is -0.479 e. The molecule has 7 heteroatoms. The molecule has 2 aliphatic heterocycles. The van der Waals surface area contributed by atoms with Crippen LogP contribution in [0, 0.1) is 26.2 Å². The van der Waals surface area contributed by atoms with Crippen LogP contribution in [0.25, 0.3) is 11.1 Å². The lowest BCUT2D eigenvalue weighted by molar-refractivity contribution is -0.160. The van der Waals surface area contributed by atoms with Gasteiger partial charge in [-0.25, -0.2) is 9.78 Å². The average Bonchev–Trinajstić information content (AvgIpc) is 2.92. The summed E-state index contributed by atoms with van der Waals surface area (Å²) in [7, 11) is 0. The molecule has 236 valence electrons. The number of piperidine rings is 1. The van der Waals surface area contributed by atoms with Gasteiger partial charge >= 0.3 is 5.97 Å². The zero-order valence-corrected chi connectivity index (χ0v) is 27.9. The number of nitrogens with two attached hydrogens (primary N) is 1. The number of aryl methyl sites for hydroxylation is 3. The van der Waals surface area contributed by atoms with Gasteiger partial charge in [-0.2, -0.15) is 0 Å². The second-order valence-electron chi connectivity index (χ2n) is 14.7. The minimum absolute atomic E-state index is 0.230. The van der Waals surface area contributed by atoms with Gasteiger partial charge in [-0.15, -0.1) is 0 Å². The largest absolute Gasteiger partial charge is 0.479 e. The number of carboxylic acids is 1. The van der Waals surface area contributed by atoms with Crippen LogP contribution in [0.3, 0.4) is 0 Å². The molecule has 0 unspecified atom stereocenters. The van der Waals surface area contributed by atoms with E-state index in [4.69, 9.17) is 15.5 Å². The SMILES string of the molecule is Cc1ccc(CN2CCc3cc(-c4c(N)nc(C)c([C@H](OC(C)(C)C)C(=O)O)c4N4CCC(C)(C)CC4)ccc3C2)c(C)c1. The second kappa shape index (κ2) is 12.2. The van der Waals surface area contributed by atoms with Gasteiger partial charge in [-0.05, 0) is 94.0 Å². The Morgan fingerprint density at radius 1 is 1.05 bits per heavy atom. The Hall–Kier alpha value is -3.42. The van der Waals surface area contributed by atoms with Gasteiger partial charge < -0.3 is 20.5 Å². The van der Waals surface area contributed by atoms with Crippen molar-refractivity contribution in [3.8, 4) is 11.1 Å². The van der Waals surface area contributed by atoms with Gasteiger partial charge in [0.1, 0.15) is 5.82 Å². The van der Waals surface area contributed by atoms with Crippen LogP contribution in [0.1, 0.15) is 92.6 Å². The molecule has 0 saturated carbocycles. The smallest absolute Gasteiger partial charge is 0.337 e. The second-order valence-corrected chi connectivity index (χ2v) is 14.7. The van der Waals surface area contributed by atoms with Crippen LogP contribution in [-0.2, 0) is 29.0 Å². The maximum atomic E-state index is 12.8. The first-order valence-corrected chi connectivity index (χ1v) is 16.0. The number of hydrogen-bond acceptors (Lipinski definition) is 6. The number of pyridine rings is 1. The molecule has 5 rings (SSSR count). The summed E-state index contributed by atoms with van der Waals surface area (Å²) in [5, 5.41) is 10.5. The van der Waals surface area contributed by atoms with Gasteiger partial charge in [0.05, 0.1) is 11.3 Å². The fourth-order valence-electron chi connectivity index (χ4n) is 6.74. The molecule has 2 aromatic carbocycles. The van der Waals surface area contributed by atoms with Crippen LogP contribution < -0.4 is 10.6 Å². The van der Waals surface area contributed by atoms with Crippen LogP contribution in [-0.4, -0.2) is 46.2 Å². The summed E-state index contributed by atoms with van der Waals surface area (Å²) in [6.45, 7) is 20.9. The molecule has 1 saturated heterocycles. The average molecular weight is 599 g/mol. The van der Waals surface area contributed by atoms with E-state index >= 15 is 0 Å². The van der Waals surface area contributed by atoms with Crippen LogP contribution in [0.15, 0.2) is 36.4 Å². The van der Waals surface area contributed by atoms with E-state index in [0.717, 1.165) is 68.8 Å². The van der Waals surface area contributed by atoms with Crippen molar-refractivity contribution in [2.24, 2.45) is 5.41 Å². The lowest BCUT2D eigenvalue weighted by atomic mass is 9.82. The van der Waals surface area contributed by atoms with E-state index in [9.17, 15) is 9.90 Å². The first-order valence-electron chi connectivity index (χ1n) is 16.0. The van der Waals surface area contributed by atoms with Crippen molar-refractivity contribution >= 4 is 17.5 Å². The molecule has 1 aromatic heterocycles. The van der Waals surface area contributed by atoms with Crippen LogP contribution in [0.2, 0.25) is 0 Å². The molecule has 0 radical (unpaired) electrons. The number of fused-ring (bicyclic) bond motifs is 1. The first-order chi connectivity index (χ1) is 20.6. The van der Waals surface area contributed by atoms with E-state index in [1.807, 2.05) is 27.7 Å². The molecule has 7 nitrogen and oxygen atoms in total. The van der Waals surface area contributed by atoms with Gasteiger partial charge in [0, 0.05) is 49.5 Å². The third-order valence-electron chi connectivity index (χ3n) is 9.30. The number of benzene rings is 2. The van der Waals surface area contributed by atoms with Crippen LogP contribution in [0.4, 0.5) is 11.5 Å². The first kappa shape index (κ1) is 32.0.